The van der Waals surface area contributed by atoms with Gasteiger partial charge in [-0.2, -0.15) is 0 Å². The Morgan fingerprint density at radius 3 is 2.87 bits per heavy atom. The lowest BCUT2D eigenvalue weighted by Crippen LogP contribution is -2.57. The van der Waals surface area contributed by atoms with Crippen molar-refractivity contribution in [3.05, 3.63) is 0 Å². The van der Waals surface area contributed by atoms with Crippen LogP contribution in [0.4, 0.5) is 0 Å². The molecule has 2 aliphatic rings. The zero-order chi connectivity index (χ0) is 10.7. The van der Waals surface area contributed by atoms with Gasteiger partial charge in [0.25, 0.3) is 0 Å². The highest BCUT2D eigenvalue weighted by molar-refractivity contribution is 5.76. The van der Waals surface area contributed by atoms with Gasteiger partial charge in [-0.3, -0.25) is 9.69 Å². The quantitative estimate of drug-likeness (QED) is 0.636. The van der Waals surface area contributed by atoms with E-state index < -0.39 is 0 Å². The summed E-state index contributed by atoms with van der Waals surface area (Å²) in [6.45, 7) is 2.73. The second-order valence-corrected chi connectivity index (χ2v) is 4.26. The van der Waals surface area contributed by atoms with E-state index in [1.807, 2.05) is 0 Å². The van der Waals surface area contributed by atoms with Crippen molar-refractivity contribution in [3.63, 3.8) is 0 Å². The van der Waals surface area contributed by atoms with Crippen LogP contribution in [0.3, 0.4) is 0 Å². The summed E-state index contributed by atoms with van der Waals surface area (Å²) >= 11 is 0. The number of methoxy groups -OCH3 is 1. The Kier molecular flexibility index (Phi) is 3.59. The molecule has 0 bridgehead atoms. The molecule has 2 rings (SSSR count). The minimum absolute atomic E-state index is 0.0121. The average molecular weight is 213 g/mol. The fourth-order valence-corrected chi connectivity index (χ4v) is 2.45. The van der Waals surface area contributed by atoms with Crippen LogP contribution in [0.2, 0.25) is 0 Å². The monoisotopic (exact) mass is 213 g/mol. The van der Waals surface area contributed by atoms with Crippen molar-refractivity contribution in [2.24, 2.45) is 0 Å². The van der Waals surface area contributed by atoms with Crippen LogP contribution in [0.5, 0.6) is 0 Å². The number of carbonyl (C=O) groups excluding carboxylic acids is 1. The summed E-state index contributed by atoms with van der Waals surface area (Å²) in [5, 5.41) is 0. The first-order chi connectivity index (χ1) is 7.33. The van der Waals surface area contributed by atoms with E-state index in [0.717, 1.165) is 45.4 Å². The molecule has 0 spiro atoms. The number of ether oxygens (including phenoxy) is 2. The van der Waals surface area contributed by atoms with Gasteiger partial charge < -0.3 is 9.47 Å². The molecule has 0 aliphatic carbocycles. The van der Waals surface area contributed by atoms with Gasteiger partial charge in [-0.15, -0.1) is 0 Å². The maximum absolute atomic E-state index is 11.4. The van der Waals surface area contributed by atoms with Gasteiger partial charge in [0.15, 0.2) is 0 Å². The second kappa shape index (κ2) is 4.94. The predicted octanol–water partition coefficient (Wildman–Crippen LogP) is 0.803. The number of likely N-dealkylation sites (tertiary alicyclic amines) is 1. The maximum atomic E-state index is 11.4. The number of esters is 1. The molecule has 2 aliphatic heterocycles. The van der Waals surface area contributed by atoms with Crippen LogP contribution >= 0.6 is 0 Å². The van der Waals surface area contributed by atoms with Crippen molar-refractivity contribution >= 4 is 5.97 Å². The van der Waals surface area contributed by atoms with Crippen molar-refractivity contribution in [3.8, 4) is 0 Å². The van der Waals surface area contributed by atoms with Gasteiger partial charge in [-0.1, -0.05) is 0 Å². The molecular weight excluding hydrogens is 194 g/mol. The Balaban J connectivity index is 1.89. The first kappa shape index (κ1) is 10.9. The van der Waals surface area contributed by atoms with E-state index in [4.69, 9.17) is 9.47 Å². The SMILES string of the molecule is COC(=O)C1CCN1C1CCCOCC1. The number of hydrogen-bond acceptors (Lipinski definition) is 4. The summed E-state index contributed by atoms with van der Waals surface area (Å²) in [5.41, 5.74) is 0. The zero-order valence-corrected chi connectivity index (χ0v) is 9.28. The van der Waals surface area contributed by atoms with Crippen molar-refractivity contribution in [1.29, 1.82) is 0 Å². The van der Waals surface area contributed by atoms with Crippen LogP contribution in [0.25, 0.3) is 0 Å². The molecule has 0 amide bonds. The van der Waals surface area contributed by atoms with Crippen LogP contribution < -0.4 is 0 Å². The van der Waals surface area contributed by atoms with E-state index in [-0.39, 0.29) is 12.0 Å². The molecule has 2 heterocycles. The fourth-order valence-electron chi connectivity index (χ4n) is 2.45. The molecule has 0 aromatic heterocycles. The number of nitrogens with zero attached hydrogens (tertiary/aromatic N) is 1. The number of rotatable bonds is 2. The fraction of sp³-hybridized carbons (Fsp3) is 0.909. The smallest absolute Gasteiger partial charge is 0.323 e. The number of carbonyl (C=O) groups is 1. The van der Waals surface area contributed by atoms with Gasteiger partial charge in [0.1, 0.15) is 6.04 Å². The van der Waals surface area contributed by atoms with Crippen molar-refractivity contribution in [2.75, 3.05) is 26.9 Å². The molecule has 4 nitrogen and oxygen atoms in total. The molecule has 4 heteroatoms. The molecular formula is C11H19NO3. The van der Waals surface area contributed by atoms with Crippen molar-refractivity contribution in [1.82, 2.24) is 4.90 Å². The van der Waals surface area contributed by atoms with Crippen LogP contribution in [-0.2, 0) is 14.3 Å². The van der Waals surface area contributed by atoms with Gasteiger partial charge in [0.2, 0.25) is 0 Å². The Bertz CT molecular complexity index is 224. The average Bonchev–Trinajstić information content (AvgIpc) is 2.45. The Hall–Kier alpha value is -0.610. The van der Waals surface area contributed by atoms with Gasteiger partial charge in [0.05, 0.1) is 7.11 Å². The molecule has 2 unspecified atom stereocenters. The summed E-state index contributed by atoms with van der Waals surface area (Å²) in [4.78, 5) is 13.7. The van der Waals surface area contributed by atoms with Gasteiger partial charge >= 0.3 is 5.97 Å². The predicted molar refractivity (Wildman–Crippen MR) is 55.6 cm³/mol. The van der Waals surface area contributed by atoms with E-state index in [0.29, 0.717) is 6.04 Å². The van der Waals surface area contributed by atoms with Crippen molar-refractivity contribution in [2.45, 2.75) is 37.8 Å². The van der Waals surface area contributed by atoms with E-state index in [2.05, 4.69) is 4.90 Å². The highest BCUT2D eigenvalue weighted by atomic mass is 16.5. The Morgan fingerprint density at radius 1 is 1.33 bits per heavy atom. The third kappa shape index (κ3) is 2.32. The van der Waals surface area contributed by atoms with Crippen LogP contribution in [-0.4, -0.2) is 49.8 Å². The minimum Gasteiger partial charge on any atom is -0.468 e. The van der Waals surface area contributed by atoms with Crippen molar-refractivity contribution < 1.29 is 14.3 Å². The van der Waals surface area contributed by atoms with E-state index >= 15 is 0 Å². The Labute approximate surface area is 90.5 Å². The lowest BCUT2D eigenvalue weighted by Gasteiger charge is -2.44. The molecule has 15 heavy (non-hydrogen) atoms. The Morgan fingerprint density at radius 2 is 2.20 bits per heavy atom. The van der Waals surface area contributed by atoms with Crippen LogP contribution in [0.1, 0.15) is 25.7 Å². The molecule has 86 valence electrons. The van der Waals surface area contributed by atoms with E-state index in [9.17, 15) is 4.79 Å². The lowest BCUT2D eigenvalue weighted by molar-refractivity contribution is -0.154. The summed E-state index contributed by atoms with van der Waals surface area (Å²) in [6.07, 6.45) is 4.25. The van der Waals surface area contributed by atoms with E-state index in [1.165, 1.54) is 7.11 Å². The highest BCUT2D eigenvalue weighted by Gasteiger charge is 2.39. The van der Waals surface area contributed by atoms with Crippen LogP contribution in [0, 0.1) is 0 Å². The highest BCUT2D eigenvalue weighted by Crippen LogP contribution is 2.26. The third-order valence-corrected chi connectivity index (χ3v) is 3.42. The molecule has 0 aromatic rings. The molecule has 0 aromatic carbocycles. The largest absolute Gasteiger partial charge is 0.468 e. The van der Waals surface area contributed by atoms with Gasteiger partial charge in [0, 0.05) is 25.8 Å². The van der Waals surface area contributed by atoms with Gasteiger partial charge in [-0.25, -0.2) is 0 Å². The summed E-state index contributed by atoms with van der Waals surface area (Å²) in [7, 11) is 1.47. The normalized spacial score (nSPS) is 32.9. The summed E-state index contributed by atoms with van der Waals surface area (Å²) in [6, 6.07) is 0.531. The topological polar surface area (TPSA) is 38.8 Å². The standard InChI is InChI=1S/C11H19NO3/c1-14-11(13)10-4-6-12(10)9-3-2-7-15-8-5-9/h9-10H,2-8H2,1H3. The second-order valence-electron chi connectivity index (χ2n) is 4.26. The zero-order valence-electron chi connectivity index (χ0n) is 9.28. The number of hydrogen-bond donors (Lipinski definition) is 0. The van der Waals surface area contributed by atoms with E-state index in [1.54, 1.807) is 0 Å². The first-order valence-electron chi connectivity index (χ1n) is 5.74. The molecule has 0 N–H and O–H groups in total. The van der Waals surface area contributed by atoms with Crippen LogP contribution in [0.15, 0.2) is 0 Å². The molecule has 0 saturated carbocycles. The minimum atomic E-state index is -0.0774. The summed E-state index contributed by atoms with van der Waals surface area (Å²) < 4.78 is 10.2. The molecule has 2 atom stereocenters. The summed E-state index contributed by atoms with van der Waals surface area (Å²) in [5.74, 6) is -0.0774. The third-order valence-electron chi connectivity index (χ3n) is 3.42. The lowest BCUT2D eigenvalue weighted by atomic mass is 9.96. The molecule has 2 fully saturated rings. The first-order valence-corrected chi connectivity index (χ1v) is 5.74. The maximum Gasteiger partial charge on any atom is 0.323 e. The molecule has 0 radical (unpaired) electrons. The van der Waals surface area contributed by atoms with Gasteiger partial charge in [-0.05, 0) is 25.7 Å². The molecule has 2 saturated heterocycles.